The van der Waals surface area contributed by atoms with Gasteiger partial charge in [0.25, 0.3) is 0 Å². The fraction of sp³-hybridized carbons (Fsp3) is 0.357. The Morgan fingerprint density at radius 3 is 2.65 bits per heavy atom. The third kappa shape index (κ3) is 2.73. The van der Waals surface area contributed by atoms with Crippen molar-refractivity contribution in [3.05, 3.63) is 53.9 Å². The Labute approximate surface area is 101 Å². The molecule has 1 atom stereocenters. The number of imidazole rings is 1. The van der Waals surface area contributed by atoms with E-state index in [-0.39, 0.29) is 5.82 Å². The Balaban J connectivity index is 2.18. The minimum atomic E-state index is -0.193. The summed E-state index contributed by atoms with van der Waals surface area (Å²) in [6.07, 6.45) is 4.84. The number of hydrogen-bond donors (Lipinski definition) is 0. The molecule has 0 bridgehead atoms. The van der Waals surface area contributed by atoms with Crippen LogP contribution in [0.2, 0.25) is 0 Å². The summed E-state index contributed by atoms with van der Waals surface area (Å²) in [5, 5.41) is 0. The molecule has 0 spiro atoms. The predicted molar refractivity (Wildman–Crippen MR) is 66.4 cm³/mol. The molecule has 2 nitrogen and oxygen atoms in total. The number of halogens is 1. The van der Waals surface area contributed by atoms with Crippen LogP contribution in [0.25, 0.3) is 0 Å². The van der Waals surface area contributed by atoms with Gasteiger partial charge in [-0.25, -0.2) is 9.37 Å². The lowest BCUT2D eigenvalue weighted by molar-refractivity contribution is 0.622. The van der Waals surface area contributed by atoms with Crippen LogP contribution in [0.4, 0.5) is 4.39 Å². The average Bonchev–Trinajstić information content (AvgIpc) is 2.79. The van der Waals surface area contributed by atoms with Crippen molar-refractivity contribution in [3.63, 3.8) is 0 Å². The van der Waals surface area contributed by atoms with Crippen LogP contribution in [0, 0.1) is 5.82 Å². The average molecular weight is 232 g/mol. The van der Waals surface area contributed by atoms with Gasteiger partial charge in [-0.2, -0.15) is 0 Å². The maximum atomic E-state index is 12.8. The van der Waals surface area contributed by atoms with E-state index in [1.54, 1.807) is 0 Å². The SMILES string of the molecule is CCC(C)c1cncn1Cc1ccc(F)cc1. The van der Waals surface area contributed by atoms with Gasteiger partial charge in [0.15, 0.2) is 0 Å². The van der Waals surface area contributed by atoms with Gasteiger partial charge in [0, 0.05) is 18.4 Å². The third-order valence-corrected chi connectivity index (χ3v) is 3.13. The lowest BCUT2D eigenvalue weighted by atomic mass is 10.1. The van der Waals surface area contributed by atoms with Crippen LogP contribution < -0.4 is 0 Å². The van der Waals surface area contributed by atoms with Gasteiger partial charge in [0.05, 0.1) is 6.33 Å². The Morgan fingerprint density at radius 2 is 2.00 bits per heavy atom. The van der Waals surface area contributed by atoms with Gasteiger partial charge in [0.2, 0.25) is 0 Å². The summed E-state index contributed by atoms with van der Waals surface area (Å²) < 4.78 is 14.9. The second-order valence-corrected chi connectivity index (χ2v) is 4.38. The smallest absolute Gasteiger partial charge is 0.123 e. The highest BCUT2D eigenvalue weighted by molar-refractivity contribution is 5.18. The second kappa shape index (κ2) is 5.13. The zero-order valence-electron chi connectivity index (χ0n) is 10.2. The van der Waals surface area contributed by atoms with Gasteiger partial charge >= 0.3 is 0 Å². The van der Waals surface area contributed by atoms with Gasteiger partial charge in [-0.15, -0.1) is 0 Å². The van der Waals surface area contributed by atoms with Crippen molar-refractivity contribution >= 4 is 0 Å². The van der Waals surface area contributed by atoms with Gasteiger partial charge < -0.3 is 4.57 Å². The topological polar surface area (TPSA) is 17.8 Å². The molecule has 1 unspecified atom stereocenters. The van der Waals surface area contributed by atoms with E-state index in [0.29, 0.717) is 5.92 Å². The minimum Gasteiger partial charge on any atom is -0.330 e. The molecule has 17 heavy (non-hydrogen) atoms. The third-order valence-electron chi connectivity index (χ3n) is 3.13. The van der Waals surface area contributed by atoms with Crippen LogP contribution in [0.15, 0.2) is 36.8 Å². The van der Waals surface area contributed by atoms with E-state index >= 15 is 0 Å². The molecule has 0 aliphatic heterocycles. The molecule has 1 aromatic carbocycles. The Hall–Kier alpha value is -1.64. The molecule has 0 aliphatic rings. The summed E-state index contributed by atoms with van der Waals surface area (Å²) in [7, 11) is 0. The first-order chi connectivity index (χ1) is 8.20. The summed E-state index contributed by atoms with van der Waals surface area (Å²) in [5.74, 6) is 0.305. The molecular formula is C14H17FN2. The van der Waals surface area contributed by atoms with E-state index in [4.69, 9.17) is 0 Å². The molecule has 0 radical (unpaired) electrons. The summed E-state index contributed by atoms with van der Waals surface area (Å²) in [6, 6.07) is 6.62. The zero-order valence-corrected chi connectivity index (χ0v) is 10.2. The number of benzene rings is 1. The Kier molecular flexibility index (Phi) is 3.57. The molecule has 0 fully saturated rings. The van der Waals surface area contributed by atoms with Crippen LogP contribution >= 0.6 is 0 Å². The first kappa shape index (κ1) is 11.8. The lowest BCUT2D eigenvalue weighted by Gasteiger charge is -2.12. The molecule has 0 saturated carbocycles. The molecule has 2 rings (SSSR count). The normalized spacial score (nSPS) is 12.6. The standard InChI is InChI=1S/C14H17FN2/c1-3-11(2)14-8-16-10-17(14)9-12-4-6-13(15)7-5-12/h4-8,10-11H,3,9H2,1-2H3. The molecule has 0 amide bonds. The van der Waals surface area contributed by atoms with Crippen LogP contribution in [0.5, 0.6) is 0 Å². The number of aromatic nitrogens is 2. The van der Waals surface area contributed by atoms with E-state index in [1.165, 1.54) is 17.8 Å². The second-order valence-electron chi connectivity index (χ2n) is 4.38. The monoisotopic (exact) mass is 232 g/mol. The van der Waals surface area contributed by atoms with E-state index in [0.717, 1.165) is 18.5 Å². The largest absolute Gasteiger partial charge is 0.330 e. The van der Waals surface area contributed by atoms with E-state index in [9.17, 15) is 4.39 Å². The fourth-order valence-electron chi connectivity index (χ4n) is 1.87. The molecule has 2 aromatic rings. The first-order valence-corrected chi connectivity index (χ1v) is 5.95. The number of nitrogens with zero attached hydrogens (tertiary/aromatic N) is 2. The van der Waals surface area contributed by atoms with Crippen molar-refractivity contribution in [2.45, 2.75) is 32.7 Å². The highest BCUT2D eigenvalue weighted by Gasteiger charge is 2.09. The van der Waals surface area contributed by atoms with E-state index in [1.807, 2.05) is 24.7 Å². The highest BCUT2D eigenvalue weighted by atomic mass is 19.1. The fourth-order valence-corrected chi connectivity index (χ4v) is 1.87. The Bertz CT molecular complexity index is 473. The Morgan fingerprint density at radius 1 is 1.29 bits per heavy atom. The highest BCUT2D eigenvalue weighted by Crippen LogP contribution is 2.19. The van der Waals surface area contributed by atoms with Crippen molar-refractivity contribution in [2.24, 2.45) is 0 Å². The minimum absolute atomic E-state index is 0.193. The van der Waals surface area contributed by atoms with E-state index < -0.39 is 0 Å². The maximum absolute atomic E-state index is 12.8. The summed E-state index contributed by atoms with van der Waals surface area (Å²) in [4.78, 5) is 4.19. The van der Waals surface area contributed by atoms with Crippen molar-refractivity contribution in [2.75, 3.05) is 0 Å². The maximum Gasteiger partial charge on any atom is 0.123 e. The summed E-state index contributed by atoms with van der Waals surface area (Å²) >= 11 is 0. The van der Waals surface area contributed by atoms with Crippen LogP contribution in [-0.4, -0.2) is 9.55 Å². The number of rotatable bonds is 4. The van der Waals surface area contributed by atoms with Gasteiger partial charge in [0.1, 0.15) is 5.82 Å². The van der Waals surface area contributed by atoms with Crippen LogP contribution in [0.1, 0.15) is 37.4 Å². The molecular weight excluding hydrogens is 215 g/mol. The van der Waals surface area contributed by atoms with Crippen LogP contribution in [0.3, 0.4) is 0 Å². The quantitative estimate of drug-likeness (QED) is 0.787. The van der Waals surface area contributed by atoms with E-state index in [2.05, 4.69) is 23.4 Å². The molecule has 3 heteroatoms. The van der Waals surface area contributed by atoms with Crippen molar-refractivity contribution < 1.29 is 4.39 Å². The molecule has 0 saturated heterocycles. The molecule has 0 N–H and O–H groups in total. The van der Waals surface area contributed by atoms with Gasteiger partial charge in [-0.05, 0) is 30.0 Å². The van der Waals surface area contributed by atoms with Crippen molar-refractivity contribution in [3.8, 4) is 0 Å². The van der Waals surface area contributed by atoms with Crippen molar-refractivity contribution in [1.82, 2.24) is 9.55 Å². The molecule has 1 aromatic heterocycles. The molecule has 90 valence electrons. The van der Waals surface area contributed by atoms with Crippen LogP contribution in [-0.2, 0) is 6.54 Å². The van der Waals surface area contributed by atoms with Crippen molar-refractivity contribution in [1.29, 1.82) is 0 Å². The zero-order chi connectivity index (χ0) is 12.3. The van der Waals surface area contributed by atoms with Gasteiger partial charge in [-0.3, -0.25) is 0 Å². The summed E-state index contributed by atoms with van der Waals surface area (Å²) in [5.41, 5.74) is 2.32. The first-order valence-electron chi connectivity index (χ1n) is 5.95. The predicted octanol–water partition coefficient (Wildman–Crippen LogP) is 3.58. The van der Waals surface area contributed by atoms with Gasteiger partial charge in [-0.1, -0.05) is 26.0 Å². The number of hydrogen-bond acceptors (Lipinski definition) is 1. The molecule has 1 heterocycles. The summed E-state index contributed by atoms with van der Waals surface area (Å²) in [6.45, 7) is 5.11. The lowest BCUT2D eigenvalue weighted by Crippen LogP contribution is -2.05. The molecule has 0 aliphatic carbocycles.